The van der Waals surface area contributed by atoms with Crippen molar-refractivity contribution in [2.24, 2.45) is 10.7 Å². The van der Waals surface area contributed by atoms with Crippen LogP contribution in [0.4, 0.5) is 5.82 Å². The average molecular weight is 363 g/mol. The minimum Gasteiger partial charge on any atom is -0.383 e. The van der Waals surface area contributed by atoms with E-state index in [1.165, 1.54) is 0 Å². The molecule has 0 aliphatic rings. The summed E-state index contributed by atoms with van der Waals surface area (Å²) in [6.07, 6.45) is 2.20. The number of nitrogens with two attached hydrogens (primary N) is 1. The molecule has 0 saturated carbocycles. The number of guanidine groups is 1. The second kappa shape index (κ2) is 7.38. The fraction of sp³-hybridized carbons (Fsp3) is 0.250. The predicted molar refractivity (Wildman–Crippen MR) is 92.7 cm³/mol. The lowest BCUT2D eigenvalue weighted by Crippen LogP contribution is -2.31. The zero-order valence-corrected chi connectivity index (χ0v) is 13.9. The van der Waals surface area contributed by atoms with Crippen molar-refractivity contribution in [2.75, 3.05) is 11.9 Å². The quantitative estimate of drug-likeness (QED) is 0.564. The number of hydrogen-bond acceptors (Lipinski definition) is 3. The zero-order chi connectivity index (χ0) is 16.0. The van der Waals surface area contributed by atoms with E-state index in [-0.39, 0.29) is 12.5 Å². The second-order valence-corrected chi connectivity index (χ2v) is 5.85. The number of aliphatic hydroxyl groups is 1. The summed E-state index contributed by atoms with van der Waals surface area (Å²) in [6, 6.07) is 13.0. The van der Waals surface area contributed by atoms with Crippen LogP contribution in [0.3, 0.4) is 0 Å². The van der Waals surface area contributed by atoms with Crippen LogP contribution in [0.5, 0.6) is 0 Å². The van der Waals surface area contributed by atoms with Gasteiger partial charge in [0.25, 0.3) is 0 Å². The SMILES string of the molecule is CCC(O)(CN=C(N)Nc1ccccn1)c1ccc(Br)cc1. The summed E-state index contributed by atoms with van der Waals surface area (Å²) < 4.78 is 0.967. The number of aliphatic imine (C=N–C) groups is 1. The van der Waals surface area contributed by atoms with Crippen LogP contribution in [0.15, 0.2) is 58.1 Å². The number of nitrogens with one attached hydrogen (secondary N) is 1. The van der Waals surface area contributed by atoms with Crippen molar-refractivity contribution < 1.29 is 5.11 Å². The Morgan fingerprint density at radius 3 is 2.64 bits per heavy atom. The molecule has 2 rings (SSSR count). The Morgan fingerprint density at radius 2 is 2.05 bits per heavy atom. The van der Waals surface area contributed by atoms with Crippen molar-refractivity contribution in [3.05, 3.63) is 58.7 Å². The summed E-state index contributed by atoms with van der Waals surface area (Å²) in [5, 5.41) is 13.7. The molecule has 0 aliphatic carbocycles. The van der Waals surface area contributed by atoms with E-state index in [2.05, 4.69) is 31.2 Å². The van der Waals surface area contributed by atoms with Crippen LogP contribution in [0.1, 0.15) is 18.9 Å². The molecule has 1 aromatic heterocycles. The molecule has 1 atom stereocenters. The monoisotopic (exact) mass is 362 g/mol. The summed E-state index contributed by atoms with van der Waals surface area (Å²) in [5.41, 5.74) is 5.62. The van der Waals surface area contributed by atoms with Gasteiger partial charge in [0.1, 0.15) is 11.4 Å². The second-order valence-electron chi connectivity index (χ2n) is 4.93. The Balaban J connectivity index is 2.09. The molecule has 2 aromatic rings. The molecule has 22 heavy (non-hydrogen) atoms. The Labute approximate surface area is 138 Å². The first-order chi connectivity index (χ1) is 10.5. The lowest BCUT2D eigenvalue weighted by Gasteiger charge is -2.25. The van der Waals surface area contributed by atoms with Crippen LogP contribution in [0.25, 0.3) is 0 Å². The minimum absolute atomic E-state index is 0.177. The normalized spacial score (nSPS) is 14.4. The number of rotatable bonds is 5. The van der Waals surface area contributed by atoms with Crippen LogP contribution in [-0.2, 0) is 5.60 Å². The Bertz CT molecular complexity index is 630. The van der Waals surface area contributed by atoms with Gasteiger partial charge in [0.05, 0.1) is 6.54 Å². The van der Waals surface area contributed by atoms with Gasteiger partial charge >= 0.3 is 0 Å². The molecule has 1 aromatic carbocycles. The highest BCUT2D eigenvalue weighted by Gasteiger charge is 2.26. The van der Waals surface area contributed by atoms with Crippen LogP contribution < -0.4 is 11.1 Å². The summed E-state index contributed by atoms with van der Waals surface area (Å²) in [5.74, 6) is 0.843. The van der Waals surface area contributed by atoms with Gasteiger partial charge in [-0.25, -0.2) is 9.98 Å². The van der Waals surface area contributed by atoms with E-state index >= 15 is 0 Å². The van der Waals surface area contributed by atoms with Crippen molar-refractivity contribution in [3.63, 3.8) is 0 Å². The summed E-state index contributed by atoms with van der Waals surface area (Å²) in [7, 11) is 0. The van der Waals surface area contributed by atoms with Gasteiger partial charge < -0.3 is 16.2 Å². The molecule has 1 heterocycles. The van der Waals surface area contributed by atoms with E-state index in [0.29, 0.717) is 12.2 Å². The first kappa shape index (κ1) is 16.5. The summed E-state index contributed by atoms with van der Waals surface area (Å²) >= 11 is 3.39. The molecule has 0 radical (unpaired) electrons. The molecule has 0 spiro atoms. The van der Waals surface area contributed by atoms with Crippen molar-refractivity contribution in [3.8, 4) is 0 Å². The fourth-order valence-electron chi connectivity index (χ4n) is 1.99. The highest BCUT2D eigenvalue weighted by Crippen LogP contribution is 2.26. The molecule has 0 amide bonds. The third kappa shape index (κ3) is 4.29. The Hall–Kier alpha value is -1.92. The standard InChI is InChI=1S/C16H19BrN4O/c1-2-16(22,12-6-8-13(17)9-7-12)11-20-15(18)21-14-5-3-4-10-19-14/h3-10,22H,2,11H2,1H3,(H3,18,19,20,21). The summed E-state index contributed by atoms with van der Waals surface area (Å²) in [4.78, 5) is 8.35. The van der Waals surface area contributed by atoms with E-state index in [1.54, 1.807) is 12.3 Å². The van der Waals surface area contributed by atoms with Crippen LogP contribution in [0.2, 0.25) is 0 Å². The lowest BCUT2D eigenvalue weighted by atomic mass is 9.91. The minimum atomic E-state index is -1.04. The molecule has 5 nitrogen and oxygen atoms in total. The zero-order valence-electron chi connectivity index (χ0n) is 12.3. The fourth-order valence-corrected chi connectivity index (χ4v) is 2.26. The van der Waals surface area contributed by atoms with Crippen LogP contribution in [-0.4, -0.2) is 22.6 Å². The van der Waals surface area contributed by atoms with Gasteiger partial charge in [-0.3, -0.25) is 0 Å². The highest BCUT2D eigenvalue weighted by molar-refractivity contribution is 9.10. The predicted octanol–water partition coefficient (Wildman–Crippen LogP) is 2.87. The van der Waals surface area contributed by atoms with E-state index in [4.69, 9.17) is 5.73 Å². The number of halogens is 1. The van der Waals surface area contributed by atoms with Gasteiger partial charge in [0.15, 0.2) is 5.96 Å². The molecule has 6 heteroatoms. The molecule has 4 N–H and O–H groups in total. The van der Waals surface area contributed by atoms with Gasteiger partial charge in [-0.05, 0) is 36.2 Å². The molecule has 1 unspecified atom stereocenters. The lowest BCUT2D eigenvalue weighted by molar-refractivity contribution is 0.0424. The van der Waals surface area contributed by atoms with Crippen molar-refractivity contribution >= 4 is 27.7 Å². The number of pyridine rings is 1. The topological polar surface area (TPSA) is 83.5 Å². The third-order valence-corrected chi connectivity index (χ3v) is 3.93. The van der Waals surface area contributed by atoms with Crippen molar-refractivity contribution in [1.82, 2.24) is 4.98 Å². The van der Waals surface area contributed by atoms with E-state index in [9.17, 15) is 5.11 Å². The highest BCUT2D eigenvalue weighted by atomic mass is 79.9. The Kier molecular flexibility index (Phi) is 5.51. The van der Waals surface area contributed by atoms with Gasteiger partial charge in [-0.2, -0.15) is 0 Å². The van der Waals surface area contributed by atoms with Crippen molar-refractivity contribution in [2.45, 2.75) is 18.9 Å². The molecule has 0 saturated heterocycles. The number of anilines is 1. The van der Waals surface area contributed by atoms with Gasteiger partial charge in [0, 0.05) is 10.7 Å². The molecular weight excluding hydrogens is 344 g/mol. The molecule has 0 fully saturated rings. The molecule has 0 bridgehead atoms. The molecule has 0 aliphatic heterocycles. The van der Waals surface area contributed by atoms with E-state index < -0.39 is 5.60 Å². The van der Waals surface area contributed by atoms with Gasteiger partial charge in [-0.15, -0.1) is 0 Å². The molecule has 116 valence electrons. The van der Waals surface area contributed by atoms with Gasteiger partial charge in [-0.1, -0.05) is 41.1 Å². The van der Waals surface area contributed by atoms with Gasteiger partial charge in [0.2, 0.25) is 0 Å². The van der Waals surface area contributed by atoms with Crippen LogP contribution >= 0.6 is 15.9 Å². The Morgan fingerprint density at radius 1 is 1.32 bits per heavy atom. The third-order valence-electron chi connectivity index (χ3n) is 3.40. The van der Waals surface area contributed by atoms with E-state index in [1.807, 2.05) is 43.3 Å². The number of aromatic nitrogens is 1. The largest absolute Gasteiger partial charge is 0.383 e. The number of nitrogens with zero attached hydrogens (tertiary/aromatic N) is 2. The number of hydrogen-bond donors (Lipinski definition) is 3. The maximum atomic E-state index is 10.8. The molecular formula is C16H19BrN4O. The number of benzene rings is 1. The van der Waals surface area contributed by atoms with Crippen molar-refractivity contribution in [1.29, 1.82) is 0 Å². The first-order valence-corrected chi connectivity index (χ1v) is 7.79. The van der Waals surface area contributed by atoms with E-state index in [0.717, 1.165) is 10.0 Å². The summed E-state index contributed by atoms with van der Waals surface area (Å²) in [6.45, 7) is 2.09. The smallest absolute Gasteiger partial charge is 0.194 e. The first-order valence-electron chi connectivity index (χ1n) is 7.00. The maximum Gasteiger partial charge on any atom is 0.194 e. The maximum absolute atomic E-state index is 10.8. The average Bonchev–Trinajstić information content (AvgIpc) is 2.54. The van der Waals surface area contributed by atoms with Crippen LogP contribution in [0, 0.1) is 0 Å².